The van der Waals surface area contributed by atoms with E-state index in [9.17, 15) is 4.79 Å². The van der Waals surface area contributed by atoms with Crippen LogP contribution in [0.2, 0.25) is 0 Å². The maximum atomic E-state index is 11.9. The first-order valence-electron chi connectivity index (χ1n) is 8.42. The Morgan fingerprint density at radius 1 is 1.38 bits per heavy atom. The predicted octanol–water partition coefficient (Wildman–Crippen LogP) is 2.13. The van der Waals surface area contributed by atoms with Gasteiger partial charge in [0.05, 0.1) is 12.1 Å². The van der Waals surface area contributed by atoms with Crippen molar-refractivity contribution in [2.45, 2.75) is 26.7 Å². The highest BCUT2D eigenvalue weighted by Gasteiger charge is 2.18. The third kappa shape index (κ3) is 6.62. The molecule has 6 nitrogen and oxygen atoms in total. The fourth-order valence-electron chi connectivity index (χ4n) is 2.58. The SMILES string of the molecule is CCNC(=NCCNC(=O)c1cccnc1)N1CCC(C)CC1.I. The molecule has 0 unspecified atom stereocenters. The maximum absolute atomic E-state index is 11.9. The van der Waals surface area contributed by atoms with Crippen LogP contribution in [0.15, 0.2) is 29.5 Å². The number of piperidine rings is 1. The van der Waals surface area contributed by atoms with Gasteiger partial charge in [0.15, 0.2) is 5.96 Å². The normalized spacial score (nSPS) is 15.6. The van der Waals surface area contributed by atoms with Crippen molar-refractivity contribution in [2.24, 2.45) is 10.9 Å². The van der Waals surface area contributed by atoms with Crippen molar-refractivity contribution in [3.63, 3.8) is 0 Å². The second-order valence-corrected chi connectivity index (χ2v) is 5.90. The molecule has 1 saturated heterocycles. The average Bonchev–Trinajstić information content (AvgIpc) is 2.59. The van der Waals surface area contributed by atoms with Crippen molar-refractivity contribution in [1.29, 1.82) is 0 Å². The zero-order valence-electron chi connectivity index (χ0n) is 14.5. The Morgan fingerprint density at radius 3 is 2.75 bits per heavy atom. The molecule has 2 heterocycles. The molecule has 1 aromatic heterocycles. The monoisotopic (exact) mass is 445 g/mol. The quantitative estimate of drug-likeness (QED) is 0.316. The van der Waals surface area contributed by atoms with Gasteiger partial charge in [-0.05, 0) is 37.8 Å². The fourth-order valence-corrected chi connectivity index (χ4v) is 2.58. The van der Waals surface area contributed by atoms with E-state index in [1.165, 1.54) is 12.8 Å². The Morgan fingerprint density at radius 2 is 2.12 bits per heavy atom. The van der Waals surface area contributed by atoms with Gasteiger partial charge in [0, 0.05) is 38.6 Å². The van der Waals surface area contributed by atoms with Gasteiger partial charge in [0.25, 0.3) is 5.91 Å². The molecule has 1 amide bonds. The molecule has 0 radical (unpaired) electrons. The summed E-state index contributed by atoms with van der Waals surface area (Å²) in [5.41, 5.74) is 0.577. The molecule has 0 spiro atoms. The van der Waals surface area contributed by atoms with Gasteiger partial charge in [-0.2, -0.15) is 0 Å². The summed E-state index contributed by atoms with van der Waals surface area (Å²) in [4.78, 5) is 22.8. The van der Waals surface area contributed by atoms with E-state index >= 15 is 0 Å². The van der Waals surface area contributed by atoms with Crippen LogP contribution in [0.4, 0.5) is 0 Å². The van der Waals surface area contributed by atoms with E-state index in [4.69, 9.17) is 0 Å². The number of nitrogens with zero attached hydrogens (tertiary/aromatic N) is 3. The van der Waals surface area contributed by atoms with Gasteiger partial charge in [-0.1, -0.05) is 6.92 Å². The molecule has 7 heteroatoms. The van der Waals surface area contributed by atoms with E-state index in [-0.39, 0.29) is 29.9 Å². The highest BCUT2D eigenvalue weighted by atomic mass is 127. The van der Waals surface area contributed by atoms with E-state index in [1.54, 1.807) is 24.5 Å². The molecule has 1 aliphatic rings. The fraction of sp³-hybridized carbons (Fsp3) is 0.588. The van der Waals surface area contributed by atoms with E-state index in [0.29, 0.717) is 18.7 Å². The third-order valence-corrected chi connectivity index (χ3v) is 4.00. The minimum atomic E-state index is -0.106. The number of likely N-dealkylation sites (tertiary alicyclic amines) is 1. The van der Waals surface area contributed by atoms with Crippen LogP contribution in [0, 0.1) is 5.92 Å². The molecule has 1 aliphatic heterocycles. The van der Waals surface area contributed by atoms with Crippen molar-refractivity contribution in [1.82, 2.24) is 20.5 Å². The second-order valence-electron chi connectivity index (χ2n) is 5.90. The van der Waals surface area contributed by atoms with Gasteiger partial charge in [-0.25, -0.2) is 0 Å². The Balaban J connectivity index is 0.00000288. The Bertz CT molecular complexity index is 515. The van der Waals surface area contributed by atoms with Crippen LogP contribution in [0.25, 0.3) is 0 Å². The zero-order chi connectivity index (χ0) is 16.5. The molecule has 2 rings (SSSR count). The first kappa shape index (κ1) is 20.7. The Kier molecular flexibility index (Phi) is 9.66. The molecule has 0 saturated carbocycles. The van der Waals surface area contributed by atoms with Crippen molar-refractivity contribution in [2.75, 3.05) is 32.7 Å². The van der Waals surface area contributed by atoms with Gasteiger partial charge in [0.1, 0.15) is 0 Å². The number of amides is 1. The van der Waals surface area contributed by atoms with Crippen molar-refractivity contribution < 1.29 is 4.79 Å². The van der Waals surface area contributed by atoms with Gasteiger partial charge >= 0.3 is 0 Å². The van der Waals surface area contributed by atoms with Gasteiger partial charge < -0.3 is 15.5 Å². The van der Waals surface area contributed by atoms with Crippen LogP contribution in [0.5, 0.6) is 0 Å². The highest BCUT2D eigenvalue weighted by Crippen LogP contribution is 2.15. The van der Waals surface area contributed by atoms with E-state index in [0.717, 1.165) is 31.5 Å². The topological polar surface area (TPSA) is 69.6 Å². The number of carbonyl (C=O) groups excluding carboxylic acids is 1. The first-order valence-corrected chi connectivity index (χ1v) is 8.42. The molecular formula is C17H28IN5O. The van der Waals surface area contributed by atoms with E-state index in [2.05, 4.69) is 39.4 Å². The number of halogens is 1. The lowest BCUT2D eigenvalue weighted by atomic mass is 10.00. The smallest absolute Gasteiger partial charge is 0.252 e. The molecule has 0 aromatic carbocycles. The molecular weight excluding hydrogens is 417 g/mol. The number of aliphatic imine (C=N–C) groups is 1. The molecule has 0 aliphatic carbocycles. The summed E-state index contributed by atoms with van der Waals surface area (Å²) >= 11 is 0. The Hall–Kier alpha value is -1.38. The summed E-state index contributed by atoms with van der Waals surface area (Å²) < 4.78 is 0. The minimum Gasteiger partial charge on any atom is -0.357 e. The zero-order valence-corrected chi connectivity index (χ0v) is 16.8. The third-order valence-electron chi connectivity index (χ3n) is 4.00. The number of aromatic nitrogens is 1. The first-order chi connectivity index (χ1) is 11.2. The number of hydrogen-bond acceptors (Lipinski definition) is 3. The van der Waals surface area contributed by atoms with Crippen LogP contribution in [0.1, 0.15) is 37.0 Å². The van der Waals surface area contributed by atoms with Gasteiger partial charge in [0.2, 0.25) is 0 Å². The second kappa shape index (κ2) is 11.2. The van der Waals surface area contributed by atoms with Crippen LogP contribution in [-0.2, 0) is 0 Å². The lowest BCUT2D eigenvalue weighted by Gasteiger charge is -2.33. The summed E-state index contributed by atoms with van der Waals surface area (Å²) in [5, 5.41) is 6.21. The standard InChI is InChI=1S/C17H27N5O.HI/c1-3-19-17(22-11-6-14(2)7-12-22)21-10-9-20-16(23)15-5-4-8-18-13-15;/h4-5,8,13-14H,3,6-7,9-12H2,1-2H3,(H,19,21)(H,20,23);1H. The number of rotatable bonds is 5. The lowest BCUT2D eigenvalue weighted by Crippen LogP contribution is -2.45. The predicted molar refractivity (Wildman–Crippen MR) is 108 cm³/mol. The number of pyridine rings is 1. The van der Waals surface area contributed by atoms with Crippen LogP contribution >= 0.6 is 24.0 Å². The van der Waals surface area contributed by atoms with Crippen LogP contribution < -0.4 is 10.6 Å². The summed E-state index contributed by atoms with van der Waals surface area (Å²) in [6, 6.07) is 3.51. The summed E-state index contributed by atoms with van der Waals surface area (Å²) in [7, 11) is 0. The van der Waals surface area contributed by atoms with Crippen LogP contribution in [0.3, 0.4) is 0 Å². The summed E-state index contributed by atoms with van der Waals surface area (Å²) in [6.07, 6.45) is 5.64. The highest BCUT2D eigenvalue weighted by molar-refractivity contribution is 14.0. The Labute approximate surface area is 161 Å². The van der Waals surface area contributed by atoms with Gasteiger partial charge in [-0.15, -0.1) is 24.0 Å². The average molecular weight is 445 g/mol. The van der Waals surface area contributed by atoms with Crippen LogP contribution in [-0.4, -0.2) is 54.5 Å². The molecule has 24 heavy (non-hydrogen) atoms. The van der Waals surface area contributed by atoms with Crippen molar-refractivity contribution in [3.05, 3.63) is 30.1 Å². The number of guanidine groups is 1. The van der Waals surface area contributed by atoms with Crippen molar-refractivity contribution in [3.8, 4) is 0 Å². The minimum absolute atomic E-state index is 0. The maximum Gasteiger partial charge on any atom is 0.252 e. The molecule has 2 N–H and O–H groups in total. The van der Waals surface area contributed by atoms with E-state index in [1.807, 2.05) is 0 Å². The largest absolute Gasteiger partial charge is 0.357 e. The molecule has 0 atom stereocenters. The lowest BCUT2D eigenvalue weighted by molar-refractivity contribution is 0.0954. The molecule has 1 aromatic rings. The number of nitrogens with one attached hydrogen (secondary N) is 2. The summed E-state index contributed by atoms with van der Waals surface area (Å²) in [5.74, 6) is 1.65. The van der Waals surface area contributed by atoms with E-state index < -0.39 is 0 Å². The van der Waals surface area contributed by atoms with Crippen molar-refractivity contribution >= 4 is 35.8 Å². The molecule has 0 bridgehead atoms. The summed E-state index contributed by atoms with van der Waals surface area (Å²) in [6.45, 7) is 8.42. The van der Waals surface area contributed by atoms with Gasteiger partial charge in [-0.3, -0.25) is 14.8 Å². The molecule has 1 fully saturated rings. The number of carbonyl (C=O) groups is 1. The molecule has 134 valence electrons. The number of hydrogen-bond donors (Lipinski definition) is 2.